The zero-order valence-corrected chi connectivity index (χ0v) is 13.1. The Kier molecular flexibility index (Phi) is 4.15. The van der Waals surface area contributed by atoms with E-state index >= 15 is 0 Å². The highest BCUT2D eigenvalue weighted by Crippen LogP contribution is 2.30. The Morgan fingerprint density at radius 3 is 2.47 bits per heavy atom. The van der Waals surface area contributed by atoms with E-state index in [9.17, 15) is 0 Å². The average molecular weight is 275 g/mol. The van der Waals surface area contributed by atoms with Crippen molar-refractivity contribution in [2.45, 2.75) is 34.2 Å². The second-order valence-electron chi connectivity index (χ2n) is 4.88. The number of thiophene rings is 1. The predicted molar refractivity (Wildman–Crippen MR) is 83.6 cm³/mol. The molecule has 19 heavy (non-hydrogen) atoms. The molecule has 3 heteroatoms. The highest BCUT2D eigenvalue weighted by molar-refractivity contribution is 7.12. The number of hydrogen-bond acceptors (Lipinski definition) is 3. The van der Waals surface area contributed by atoms with Crippen LogP contribution < -0.4 is 10.1 Å². The molecule has 1 aromatic heterocycles. The molecule has 0 atom stereocenters. The molecule has 2 rings (SSSR count). The van der Waals surface area contributed by atoms with Gasteiger partial charge in [0.25, 0.3) is 0 Å². The van der Waals surface area contributed by atoms with Crippen molar-refractivity contribution < 1.29 is 4.74 Å². The number of rotatable bonds is 4. The lowest BCUT2D eigenvalue weighted by Gasteiger charge is -2.14. The third kappa shape index (κ3) is 2.92. The third-order valence-electron chi connectivity index (χ3n) is 3.42. The van der Waals surface area contributed by atoms with Crippen molar-refractivity contribution in [1.29, 1.82) is 0 Å². The predicted octanol–water partition coefficient (Wildman–Crippen LogP) is 4.60. The number of hydrogen-bond donors (Lipinski definition) is 1. The van der Waals surface area contributed by atoms with Crippen molar-refractivity contribution >= 4 is 17.0 Å². The van der Waals surface area contributed by atoms with Crippen LogP contribution in [0.3, 0.4) is 0 Å². The molecule has 1 aromatic carbocycles. The van der Waals surface area contributed by atoms with Crippen LogP contribution in [0, 0.1) is 27.7 Å². The first-order chi connectivity index (χ1) is 9.02. The zero-order valence-electron chi connectivity index (χ0n) is 12.3. The molecule has 1 N–H and O–H groups in total. The maximum absolute atomic E-state index is 5.46. The van der Waals surface area contributed by atoms with Crippen LogP contribution in [0.4, 0.5) is 5.69 Å². The van der Waals surface area contributed by atoms with Crippen molar-refractivity contribution in [3.05, 3.63) is 44.6 Å². The Bertz CT molecular complexity index is 587. The fourth-order valence-corrected chi connectivity index (χ4v) is 3.33. The van der Waals surface area contributed by atoms with Gasteiger partial charge in [0.2, 0.25) is 0 Å². The zero-order chi connectivity index (χ0) is 14.0. The van der Waals surface area contributed by atoms with Gasteiger partial charge in [0.15, 0.2) is 0 Å². The molecule has 0 bridgehead atoms. The van der Waals surface area contributed by atoms with Gasteiger partial charge in [-0.3, -0.25) is 0 Å². The lowest BCUT2D eigenvalue weighted by Crippen LogP contribution is -2.03. The normalized spacial score (nSPS) is 10.6. The van der Waals surface area contributed by atoms with E-state index in [0.717, 1.165) is 18.0 Å². The molecule has 0 unspecified atom stereocenters. The summed E-state index contributed by atoms with van der Waals surface area (Å²) in [6.45, 7) is 9.36. The number of nitrogens with one attached hydrogen (secondary N) is 1. The summed E-state index contributed by atoms with van der Waals surface area (Å²) in [4.78, 5) is 2.76. The van der Waals surface area contributed by atoms with E-state index in [-0.39, 0.29) is 0 Å². The van der Waals surface area contributed by atoms with Gasteiger partial charge in [-0.2, -0.15) is 0 Å². The van der Waals surface area contributed by atoms with E-state index in [4.69, 9.17) is 4.74 Å². The summed E-state index contributed by atoms with van der Waals surface area (Å²) in [5.41, 5.74) is 4.87. The van der Waals surface area contributed by atoms with E-state index < -0.39 is 0 Å². The van der Waals surface area contributed by atoms with Gasteiger partial charge in [-0.1, -0.05) is 6.07 Å². The number of benzene rings is 1. The van der Waals surface area contributed by atoms with Crippen molar-refractivity contribution in [3.8, 4) is 5.75 Å². The Morgan fingerprint density at radius 2 is 1.89 bits per heavy atom. The first-order valence-corrected chi connectivity index (χ1v) is 7.28. The summed E-state index contributed by atoms with van der Waals surface area (Å²) in [6, 6.07) is 6.48. The van der Waals surface area contributed by atoms with Gasteiger partial charge in [-0.05, 0) is 51.0 Å². The van der Waals surface area contributed by atoms with Crippen molar-refractivity contribution in [2.24, 2.45) is 0 Å². The smallest absolute Gasteiger partial charge is 0.126 e. The van der Waals surface area contributed by atoms with E-state index in [1.165, 1.54) is 26.4 Å². The van der Waals surface area contributed by atoms with Crippen LogP contribution >= 0.6 is 11.3 Å². The molecule has 102 valence electrons. The van der Waals surface area contributed by atoms with Gasteiger partial charge < -0.3 is 10.1 Å². The SMILES string of the molecule is COc1c(C)ccc(NCc2cc(C)sc2C)c1C. The largest absolute Gasteiger partial charge is 0.496 e. The lowest BCUT2D eigenvalue weighted by atomic mass is 10.1. The minimum atomic E-state index is 0.864. The van der Waals surface area contributed by atoms with Crippen LogP contribution in [0.15, 0.2) is 18.2 Å². The Hall–Kier alpha value is -1.48. The van der Waals surface area contributed by atoms with Crippen molar-refractivity contribution in [3.63, 3.8) is 0 Å². The van der Waals surface area contributed by atoms with E-state index in [1.54, 1.807) is 7.11 Å². The summed E-state index contributed by atoms with van der Waals surface area (Å²) >= 11 is 1.85. The summed E-state index contributed by atoms with van der Waals surface area (Å²) in [7, 11) is 1.73. The average Bonchev–Trinajstić information content (AvgIpc) is 2.67. The summed E-state index contributed by atoms with van der Waals surface area (Å²) in [5.74, 6) is 0.975. The molecule has 0 spiro atoms. The van der Waals surface area contributed by atoms with Crippen LogP contribution in [0.5, 0.6) is 5.75 Å². The molecule has 2 aromatic rings. The molecule has 0 aliphatic carbocycles. The quantitative estimate of drug-likeness (QED) is 0.880. The van der Waals surface area contributed by atoms with Crippen molar-refractivity contribution in [2.75, 3.05) is 12.4 Å². The molecular formula is C16H21NOS. The second-order valence-corrected chi connectivity index (χ2v) is 6.34. The molecule has 1 heterocycles. The summed E-state index contributed by atoms with van der Waals surface area (Å²) < 4.78 is 5.46. The fourth-order valence-electron chi connectivity index (χ4n) is 2.38. The van der Waals surface area contributed by atoms with Crippen molar-refractivity contribution in [1.82, 2.24) is 0 Å². The molecule has 0 aliphatic heterocycles. The van der Waals surface area contributed by atoms with E-state index in [1.807, 2.05) is 11.3 Å². The Balaban J connectivity index is 2.18. The molecule has 0 saturated carbocycles. The molecular weight excluding hydrogens is 254 g/mol. The molecule has 0 radical (unpaired) electrons. The topological polar surface area (TPSA) is 21.3 Å². The Morgan fingerprint density at radius 1 is 1.16 bits per heavy atom. The highest BCUT2D eigenvalue weighted by atomic mass is 32.1. The maximum atomic E-state index is 5.46. The van der Waals surface area contributed by atoms with Crippen LogP contribution in [-0.2, 0) is 6.54 Å². The maximum Gasteiger partial charge on any atom is 0.126 e. The van der Waals surface area contributed by atoms with Gasteiger partial charge in [0, 0.05) is 27.5 Å². The summed E-state index contributed by atoms with van der Waals surface area (Å²) in [6.07, 6.45) is 0. The first-order valence-electron chi connectivity index (χ1n) is 6.47. The Labute approximate surface area is 119 Å². The second kappa shape index (κ2) is 5.66. The van der Waals surface area contributed by atoms with Gasteiger partial charge in [0.05, 0.1) is 7.11 Å². The molecule has 0 fully saturated rings. The minimum Gasteiger partial charge on any atom is -0.496 e. The minimum absolute atomic E-state index is 0.864. The molecule has 0 amide bonds. The third-order valence-corrected chi connectivity index (χ3v) is 4.43. The monoisotopic (exact) mass is 275 g/mol. The highest BCUT2D eigenvalue weighted by Gasteiger charge is 2.08. The summed E-state index contributed by atoms with van der Waals surface area (Å²) in [5, 5.41) is 3.51. The standard InChI is InChI=1S/C16H21NOS/c1-10-6-7-15(12(3)16(10)18-5)17-9-14-8-11(2)19-13(14)4/h6-8,17H,9H2,1-5H3. The van der Waals surface area contributed by atoms with E-state index in [2.05, 4.69) is 51.2 Å². The van der Waals surface area contributed by atoms with Gasteiger partial charge in [0.1, 0.15) is 5.75 Å². The lowest BCUT2D eigenvalue weighted by molar-refractivity contribution is 0.409. The van der Waals surface area contributed by atoms with Crippen LogP contribution in [-0.4, -0.2) is 7.11 Å². The first kappa shape index (κ1) is 13.9. The van der Waals surface area contributed by atoms with Gasteiger partial charge in [-0.15, -0.1) is 11.3 Å². The van der Waals surface area contributed by atoms with Gasteiger partial charge >= 0.3 is 0 Å². The number of ether oxygens (including phenoxy) is 1. The van der Waals surface area contributed by atoms with E-state index in [0.29, 0.717) is 0 Å². The van der Waals surface area contributed by atoms with Gasteiger partial charge in [-0.25, -0.2) is 0 Å². The van der Waals surface area contributed by atoms with Crippen LogP contribution in [0.1, 0.15) is 26.4 Å². The molecule has 2 nitrogen and oxygen atoms in total. The van der Waals surface area contributed by atoms with Crippen LogP contribution in [0.25, 0.3) is 0 Å². The fraction of sp³-hybridized carbons (Fsp3) is 0.375. The molecule has 0 saturated heterocycles. The number of anilines is 1. The molecule has 0 aliphatic rings. The van der Waals surface area contributed by atoms with Crippen LogP contribution in [0.2, 0.25) is 0 Å². The number of methoxy groups -OCH3 is 1. The number of aryl methyl sites for hydroxylation is 3.